The Bertz CT molecular complexity index is 513. The van der Waals surface area contributed by atoms with Crippen LogP contribution in [0.15, 0.2) is 53.0 Å². The van der Waals surface area contributed by atoms with Gasteiger partial charge in [-0.3, -0.25) is 0 Å². The molecule has 0 aliphatic carbocycles. The molecule has 0 fully saturated rings. The molecule has 0 aliphatic heterocycles. The van der Waals surface area contributed by atoms with Crippen LogP contribution in [0.3, 0.4) is 0 Å². The van der Waals surface area contributed by atoms with Gasteiger partial charge in [0.05, 0.1) is 11.7 Å². The molecule has 94 valence electrons. The summed E-state index contributed by atoms with van der Waals surface area (Å²) in [6, 6.07) is 16.5. The van der Waals surface area contributed by atoms with Crippen LogP contribution in [0.5, 0.6) is 0 Å². The zero-order valence-electron chi connectivity index (χ0n) is 10.2. The minimum absolute atomic E-state index is 0.293. The molecule has 0 spiro atoms. The number of benzene rings is 2. The number of halogens is 2. The summed E-state index contributed by atoms with van der Waals surface area (Å²) in [5.41, 5.74) is 2.31. The van der Waals surface area contributed by atoms with E-state index in [0.717, 1.165) is 21.6 Å². The maximum atomic E-state index is 6.03. The van der Waals surface area contributed by atoms with Crippen LogP contribution < -0.4 is 5.32 Å². The van der Waals surface area contributed by atoms with E-state index in [1.165, 1.54) is 5.56 Å². The zero-order chi connectivity index (χ0) is 13.0. The minimum atomic E-state index is 0.293. The summed E-state index contributed by atoms with van der Waals surface area (Å²) >= 11 is 9.57. The van der Waals surface area contributed by atoms with Gasteiger partial charge in [0.1, 0.15) is 0 Å². The van der Waals surface area contributed by atoms with E-state index in [4.69, 9.17) is 11.6 Å². The smallest absolute Gasteiger partial charge is 0.0511 e. The lowest BCUT2D eigenvalue weighted by molar-refractivity contribution is 0.749. The van der Waals surface area contributed by atoms with Gasteiger partial charge in [-0.15, -0.1) is 0 Å². The maximum absolute atomic E-state index is 6.03. The van der Waals surface area contributed by atoms with Crippen LogP contribution in [0.2, 0.25) is 5.02 Å². The van der Waals surface area contributed by atoms with Crippen LogP contribution in [0.1, 0.15) is 24.9 Å². The predicted molar refractivity (Wildman–Crippen MR) is 82.2 cm³/mol. The lowest BCUT2D eigenvalue weighted by Gasteiger charge is -2.20. The van der Waals surface area contributed by atoms with Crippen LogP contribution in [0, 0.1) is 0 Å². The van der Waals surface area contributed by atoms with Crippen molar-refractivity contribution in [2.75, 3.05) is 5.32 Å². The van der Waals surface area contributed by atoms with Gasteiger partial charge in [0.2, 0.25) is 0 Å². The lowest BCUT2D eigenvalue weighted by atomic mass is 10.0. The second-order valence-electron chi connectivity index (χ2n) is 4.14. The van der Waals surface area contributed by atoms with Gasteiger partial charge in [0.15, 0.2) is 0 Å². The maximum Gasteiger partial charge on any atom is 0.0511 e. The summed E-state index contributed by atoms with van der Waals surface area (Å²) in [5, 5.41) is 4.26. The number of nitrogens with one attached hydrogen (secondary N) is 1. The van der Waals surface area contributed by atoms with Gasteiger partial charge in [-0.2, -0.15) is 0 Å². The molecule has 1 atom stereocenters. The molecule has 1 nitrogen and oxygen atoms in total. The van der Waals surface area contributed by atoms with E-state index in [-0.39, 0.29) is 0 Å². The highest BCUT2D eigenvalue weighted by Crippen LogP contribution is 2.30. The van der Waals surface area contributed by atoms with Crippen molar-refractivity contribution in [2.24, 2.45) is 0 Å². The molecule has 0 aromatic heterocycles. The zero-order valence-corrected chi connectivity index (χ0v) is 12.5. The topological polar surface area (TPSA) is 12.0 Å². The van der Waals surface area contributed by atoms with E-state index in [0.29, 0.717) is 6.04 Å². The van der Waals surface area contributed by atoms with Gasteiger partial charge >= 0.3 is 0 Å². The van der Waals surface area contributed by atoms with Crippen molar-refractivity contribution >= 4 is 33.2 Å². The number of rotatable bonds is 4. The Hall–Kier alpha value is -0.990. The fraction of sp³-hybridized carbons (Fsp3) is 0.200. The van der Waals surface area contributed by atoms with E-state index < -0.39 is 0 Å². The number of anilines is 1. The highest BCUT2D eigenvalue weighted by Gasteiger charge is 2.10. The number of hydrogen-bond acceptors (Lipinski definition) is 1. The van der Waals surface area contributed by atoms with Crippen molar-refractivity contribution in [3.63, 3.8) is 0 Å². The van der Waals surface area contributed by atoms with E-state index >= 15 is 0 Å². The van der Waals surface area contributed by atoms with E-state index in [2.05, 4.69) is 52.4 Å². The monoisotopic (exact) mass is 323 g/mol. The van der Waals surface area contributed by atoms with Crippen molar-refractivity contribution in [3.8, 4) is 0 Å². The lowest BCUT2D eigenvalue weighted by Crippen LogP contribution is -2.09. The van der Waals surface area contributed by atoms with Crippen molar-refractivity contribution in [2.45, 2.75) is 19.4 Å². The largest absolute Gasteiger partial charge is 0.377 e. The van der Waals surface area contributed by atoms with Gasteiger partial charge in [-0.1, -0.05) is 48.9 Å². The first-order chi connectivity index (χ1) is 8.70. The Labute approximate surface area is 121 Å². The summed E-state index contributed by atoms with van der Waals surface area (Å²) in [4.78, 5) is 0. The molecular weight excluding hydrogens is 310 g/mol. The molecule has 1 unspecified atom stereocenters. The summed E-state index contributed by atoms with van der Waals surface area (Å²) in [6.45, 7) is 2.17. The summed E-state index contributed by atoms with van der Waals surface area (Å²) in [5.74, 6) is 0. The summed E-state index contributed by atoms with van der Waals surface area (Å²) in [7, 11) is 0. The molecule has 2 aromatic rings. The molecular formula is C15H15BrClN. The quantitative estimate of drug-likeness (QED) is 0.764. The van der Waals surface area contributed by atoms with E-state index in [1.807, 2.05) is 24.3 Å². The van der Waals surface area contributed by atoms with Gasteiger partial charge in [0.25, 0.3) is 0 Å². The Kier molecular flexibility index (Phi) is 4.67. The Morgan fingerprint density at radius 2 is 1.89 bits per heavy atom. The first-order valence-electron chi connectivity index (χ1n) is 5.97. The Balaban J connectivity index is 2.23. The van der Waals surface area contributed by atoms with Gasteiger partial charge < -0.3 is 5.32 Å². The van der Waals surface area contributed by atoms with Crippen molar-refractivity contribution in [3.05, 3.63) is 63.6 Å². The molecule has 3 heteroatoms. The minimum Gasteiger partial charge on any atom is -0.377 e. The van der Waals surface area contributed by atoms with Crippen molar-refractivity contribution in [1.82, 2.24) is 0 Å². The molecule has 0 heterocycles. The SMILES string of the molecule is CCC(Nc1cc(Cl)ccc1Br)c1ccccc1. The predicted octanol–water partition coefficient (Wildman–Crippen LogP) is 5.67. The van der Waals surface area contributed by atoms with Crippen molar-refractivity contribution < 1.29 is 0 Å². The molecule has 0 saturated heterocycles. The molecule has 18 heavy (non-hydrogen) atoms. The number of hydrogen-bond donors (Lipinski definition) is 1. The average molecular weight is 325 g/mol. The van der Waals surface area contributed by atoms with Crippen LogP contribution in [0.4, 0.5) is 5.69 Å². The fourth-order valence-electron chi connectivity index (χ4n) is 1.90. The third kappa shape index (κ3) is 3.27. The second-order valence-corrected chi connectivity index (χ2v) is 5.43. The average Bonchev–Trinajstić information content (AvgIpc) is 2.41. The third-order valence-electron chi connectivity index (χ3n) is 2.87. The van der Waals surface area contributed by atoms with Crippen LogP contribution in [0.25, 0.3) is 0 Å². The van der Waals surface area contributed by atoms with E-state index in [9.17, 15) is 0 Å². The molecule has 2 rings (SSSR count). The molecule has 0 aliphatic rings. The third-order valence-corrected chi connectivity index (χ3v) is 3.79. The van der Waals surface area contributed by atoms with Crippen molar-refractivity contribution in [1.29, 1.82) is 0 Å². The van der Waals surface area contributed by atoms with Crippen LogP contribution >= 0.6 is 27.5 Å². The molecule has 2 aromatic carbocycles. The van der Waals surface area contributed by atoms with E-state index in [1.54, 1.807) is 0 Å². The first kappa shape index (κ1) is 13.4. The van der Waals surface area contributed by atoms with Crippen LogP contribution in [-0.2, 0) is 0 Å². The standard InChI is InChI=1S/C15H15BrClN/c1-2-14(11-6-4-3-5-7-11)18-15-10-12(17)8-9-13(15)16/h3-10,14,18H,2H2,1H3. The highest BCUT2D eigenvalue weighted by molar-refractivity contribution is 9.10. The molecule has 0 radical (unpaired) electrons. The normalized spacial score (nSPS) is 12.2. The fourth-order valence-corrected chi connectivity index (χ4v) is 2.44. The Morgan fingerprint density at radius 1 is 1.17 bits per heavy atom. The van der Waals surface area contributed by atoms with Gasteiger partial charge in [0, 0.05) is 9.50 Å². The second kappa shape index (κ2) is 6.26. The van der Waals surface area contributed by atoms with Gasteiger partial charge in [-0.05, 0) is 46.1 Å². The first-order valence-corrected chi connectivity index (χ1v) is 7.14. The Morgan fingerprint density at radius 3 is 2.56 bits per heavy atom. The summed E-state index contributed by atoms with van der Waals surface area (Å²) < 4.78 is 1.03. The molecule has 0 bridgehead atoms. The molecule has 0 saturated carbocycles. The highest BCUT2D eigenvalue weighted by atomic mass is 79.9. The molecule has 1 N–H and O–H groups in total. The summed E-state index contributed by atoms with van der Waals surface area (Å²) in [6.07, 6.45) is 1.02. The molecule has 0 amide bonds. The van der Waals surface area contributed by atoms with Gasteiger partial charge in [-0.25, -0.2) is 0 Å². The van der Waals surface area contributed by atoms with Crippen LogP contribution in [-0.4, -0.2) is 0 Å².